The van der Waals surface area contributed by atoms with Crippen LogP contribution in [0, 0.1) is 0 Å². The number of rotatable bonds is 4. The number of halogens is 2. The minimum Gasteiger partial charge on any atom is -0.311 e. The predicted molar refractivity (Wildman–Crippen MR) is 82.8 cm³/mol. The number of pyridine rings is 1. The van der Waals surface area contributed by atoms with E-state index < -0.39 is 0 Å². The summed E-state index contributed by atoms with van der Waals surface area (Å²) in [6.07, 6.45) is 2.75. The van der Waals surface area contributed by atoms with Crippen LogP contribution >= 0.6 is 38.9 Å². The van der Waals surface area contributed by atoms with Crippen LogP contribution in [0.5, 0.6) is 0 Å². The Labute approximate surface area is 128 Å². The lowest BCUT2D eigenvalue weighted by Gasteiger charge is -2.05. The van der Waals surface area contributed by atoms with Crippen LogP contribution < -0.4 is 0 Å². The number of hydrogen-bond donors (Lipinski definition) is 0. The first-order chi connectivity index (χ1) is 9.28. The smallest absolute Gasteiger partial charge is 0.160 e. The van der Waals surface area contributed by atoms with Crippen molar-refractivity contribution in [2.24, 2.45) is 0 Å². The highest BCUT2D eigenvalue weighted by Gasteiger charge is 2.10. The molecule has 0 unspecified atom stereocenters. The lowest BCUT2D eigenvalue weighted by atomic mass is 10.3. The van der Waals surface area contributed by atoms with Crippen molar-refractivity contribution < 1.29 is 0 Å². The Bertz CT molecular complexity index is 707. The lowest BCUT2D eigenvalue weighted by molar-refractivity contribution is 0.687. The molecule has 0 aromatic carbocycles. The number of aryl methyl sites for hydroxylation is 2. The van der Waals surface area contributed by atoms with Crippen molar-refractivity contribution in [2.45, 2.75) is 18.8 Å². The van der Waals surface area contributed by atoms with E-state index in [2.05, 4.69) is 42.6 Å². The molecule has 98 valence electrons. The van der Waals surface area contributed by atoms with Crippen LogP contribution in [-0.4, -0.2) is 14.5 Å². The summed E-state index contributed by atoms with van der Waals surface area (Å²) in [7, 11) is 0. The highest BCUT2D eigenvalue weighted by molar-refractivity contribution is 9.11. The molecule has 3 aromatic heterocycles. The lowest BCUT2D eigenvalue weighted by Crippen LogP contribution is -2.05. The van der Waals surface area contributed by atoms with Gasteiger partial charge in [-0.2, -0.15) is 0 Å². The fraction of sp³-hybridized carbons (Fsp3) is 0.231. The molecule has 0 spiro atoms. The average Bonchev–Trinajstić information content (AvgIpc) is 2.99. The molecule has 0 aliphatic heterocycles. The highest BCUT2D eigenvalue weighted by Crippen LogP contribution is 2.23. The molecular formula is C13H11BrClN3S. The molecule has 3 nitrogen and oxygen atoms in total. The molecule has 3 rings (SSSR count). The maximum Gasteiger partial charge on any atom is 0.160 e. The highest BCUT2D eigenvalue weighted by atomic mass is 79.9. The van der Waals surface area contributed by atoms with Gasteiger partial charge in [-0.3, -0.25) is 0 Å². The van der Waals surface area contributed by atoms with Gasteiger partial charge in [0.2, 0.25) is 0 Å². The Morgan fingerprint density at radius 3 is 2.95 bits per heavy atom. The average molecular weight is 357 g/mol. The van der Waals surface area contributed by atoms with Crippen LogP contribution in [0.4, 0.5) is 0 Å². The fourth-order valence-corrected chi connectivity index (χ4v) is 3.73. The van der Waals surface area contributed by atoms with Crippen molar-refractivity contribution in [2.75, 3.05) is 0 Å². The molecular weight excluding hydrogens is 346 g/mol. The second-order valence-corrected chi connectivity index (χ2v) is 6.93. The van der Waals surface area contributed by atoms with Gasteiger partial charge in [-0.15, -0.1) is 22.9 Å². The normalized spacial score (nSPS) is 11.3. The molecule has 0 fully saturated rings. The number of imidazole rings is 1. The minimum atomic E-state index is 0.407. The van der Waals surface area contributed by atoms with Crippen molar-refractivity contribution in [1.82, 2.24) is 14.5 Å². The van der Waals surface area contributed by atoms with Gasteiger partial charge < -0.3 is 4.57 Å². The Morgan fingerprint density at radius 2 is 2.21 bits per heavy atom. The number of fused-ring (bicyclic) bond motifs is 1. The first-order valence-electron chi connectivity index (χ1n) is 5.88. The van der Waals surface area contributed by atoms with Gasteiger partial charge in [0.1, 0.15) is 11.3 Å². The van der Waals surface area contributed by atoms with Crippen LogP contribution in [-0.2, 0) is 18.8 Å². The maximum atomic E-state index is 5.97. The summed E-state index contributed by atoms with van der Waals surface area (Å²) in [6.45, 7) is 0.850. The third kappa shape index (κ3) is 2.68. The summed E-state index contributed by atoms with van der Waals surface area (Å²) >= 11 is 11.2. The van der Waals surface area contributed by atoms with Gasteiger partial charge in [0.25, 0.3) is 0 Å². The topological polar surface area (TPSA) is 30.7 Å². The second kappa shape index (κ2) is 5.61. The monoisotopic (exact) mass is 355 g/mol. The predicted octanol–water partition coefficient (Wildman–Crippen LogP) is 4.24. The van der Waals surface area contributed by atoms with Gasteiger partial charge in [-0.1, -0.05) is 0 Å². The van der Waals surface area contributed by atoms with E-state index >= 15 is 0 Å². The molecule has 0 atom stereocenters. The Kier molecular flexibility index (Phi) is 3.86. The van der Waals surface area contributed by atoms with Crippen molar-refractivity contribution in [3.8, 4) is 0 Å². The second-order valence-electron chi connectivity index (χ2n) is 4.12. The zero-order chi connectivity index (χ0) is 13.2. The number of nitrogens with zero attached hydrogens (tertiary/aromatic N) is 3. The van der Waals surface area contributed by atoms with E-state index in [4.69, 9.17) is 11.6 Å². The molecule has 0 N–H and O–H groups in total. The van der Waals surface area contributed by atoms with Crippen LogP contribution in [0.25, 0.3) is 11.2 Å². The number of alkyl halides is 1. The molecule has 0 amide bonds. The third-order valence-electron chi connectivity index (χ3n) is 2.91. The quantitative estimate of drug-likeness (QED) is 0.655. The third-order valence-corrected chi connectivity index (χ3v) is 4.84. The summed E-state index contributed by atoms with van der Waals surface area (Å²) in [5.74, 6) is 1.29. The largest absolute Gasteiger partial charge is 0.311 e. The standard InChI is InChI=1S/C13H11BrClN3S/c14-11-4-3-9(19-11)5-7-18-12(8-15)17-10-2-1-6-16-13(10)18/h1-4,6H,5,7-8H2. The Morgan fingerprint density at radius 1 is 1.32 bits per heavy atom. The van der Waals surface area contributed by atoms with E-state index in [9.17, 15) is 0 Å². The van der Waals surface area contributed by atoms with Gasteiger partial charge in [0.15, 0.2) is 5.65 Å². The molecule has 0 aliphatic carbocycles. The molecule has 0 aliphatic rings. The molecule has 0 bridgehead atoms. The number of aromatic nitrogens is 3. The van der Waals surface area contributed by atoms with E-state index in [1.807, 2.05) is 12.1 Å². The fourth-order valence-electron chi connectivity index (χ4n) is 2.05. The van der Waals surface area contributed by atoms with Crippen molar-refractivity contribution in [3.05, 3.63) is 45.0 Å². The van der Waals surface area contributed by atoms with Crippen molar-refractivity contribution >= 4 is 50.0 Å². The van der Waals surface area contributed by atoms with E-state index in [1.165, 1.54) is 4.88 Å². The van der Waals surface area contributed by atoms with Crippen molar-refractivity contribution in [1.29, 1.82) is 0 Å². The molecule has 19 heavy (non-hydrogen) atoms. The molecule has 3 heterocycles. The summed E-state index contributed by atoms with van der Waals surface area (Å²) in [5.41, 5.74) is 1.82. The van der Waals surface area contributed by atoms with Crippen LogP contribution in [0.1, 0.15) is 10.7 Å². The van der Waals surface area contributed by atoms with Gasteiger partial charge in [0, 0.05) is 17.6 Å². The summed E-state index contributed by atoms with van der Waals surface area (Å²) in [4.78, 5) is 10.3. The molecule has 0 radical (unpaired) electrons. The van der Waals surface area contributed by atoms with E-state index in [-0.39, 0.29) is 0 Å². The summed E-state index contributed by atoms with van der Waals surface area (Å²) < 4.78 is 3.27. The zero-order valence-electron chi connectivity index (χ0n) is 10.0. The molecule has 6 heteroatoms. The Hall–Kier alpha value is -0.910. The molecule has 0 saturated heterocycles. The van der Waals surface area contributed by atoms with Gasteiger partial charge in [-0.25, -0.2) is 9.97 Å². The number of thiophene rings is 1. The maximum absolute atomic E-state index is 5.97. The van der Waals surface area contributed by atoms with Crippen LogP contribution in [0.3, 0.4) is 0 Å². The van der Waals surface area contributed by atoms with E-state index in [0.29, 0.717) is 5.88 Å². The van der Waals surface area contributed by atoms with Gasteiger partial charge >= 0.3 is 0 Å². The Balaban J connectivity index is 1.90. The first-order valence-corrected chi connectivity index (χ1v) is 8.02. The van der Waals surface area contributed by atoms with E-state index in [0.717, 1.165) is 33.7 Å². The van der Waals surface area contributed by atoms with Crippen LogP contribution in [0.2, 0.25) is 0 Å². The number of hydrogen-bond acceptors (Lipinski definition) is 3. The van der Waals surface area contributed by atoms with Gasteiger partial charge in [0.05, 0.1) is 9.67 Å². The van der Waals surface area contributed by atoms with Crippen molar-refractivity contribution in [3.63, 3.8) is 0 Å². The van der Waals surface area contributed by atoms with E-state index in [1.54, 1.807) is 17.5 Å². The minimum absolute atomic E-state index is 0.407. The SMILES string of the molecule is ClCc1nc2cccnc2n1CCc1ccc(Br)s1. The molecule has 0 saturated carbocycles. The zero-order valence-corrected chi connectivity index (χ0v) is 13.2. The van der Waals surface area contributed by atoms with Gasteiger partial charge in [-0.05, 0) is 46.6 Å². The van der Waals surface area contributed by atoms with Crippen LogP contribution in [0.15, 0.2) is 34.2 Å². The summed E-state index contributed by atoms with van der Waals surface area (Å²) in [6, 6.07) is 8.08. The molecule has 3 aromatic rings. The first kappa shape index (κ1) is 13.1. The summed E-state index contributed by atoms with van der Waals surface area (Å²) in [5, 5.41) is 0.